The summed E-state index contributed by atoms with van der Waals surface area (Å²) in [6, 6.07) is 0. The van der Waals surface area contributed by atoms with E-state index >= 15 is 0 Å². The Balaban J connectivity index is 5.13. The van der Waals surface area contributed by atoms with Crippen molar-refractivity contribution in [3.63, 3.8) is 0 Å². The summed E-state index contributed by atoms with van der Waals surface area (Å²) in [5, 5.41) is 2.71. The van der Waals surface area contributed by atoms with E-state index < -0.39 is 8.07 Å². The normalized spacial score (nSPS) is 14.1. The molecule has 2 nitrogen and oxygen atoms in total. The quantitative estimate of drug-likeness (QED) is 0.554. The van der Waals surface area contributed by atoms with Crippen LogP contribution in [0, 0.1) is 5.41 Å². The fraction of sp³-hybridized carbons (Fsp3) is 0.727. The lowest BCUT2D eigenvalue weighted by Gasteiger charge is -2.24. The molecule has 0 spiro atoms. The van der Waals surface area contributed by atoms with Gasteiger partial charge >= 0.3 is 0 Å². The number of likely N-dealkylation sites (N-methyl/N-ethyl adjacent to an activating group) is 1. The van der Waals surface area contributed by atoms with Crippen molar-refractivity contribution in [1.29, 1.82) is 0 Å². The zero-order valence-corrected chi connectivity index (χ0v) is 11.5. The number of hydrogen-bond acceptors (Lipinski definition) is 1. The topological polar surface area (TPSA) is 29.1 Å². The van der Waals surface area contributed by atoms with Gasteiger partial charge in [0, 0.05) is 12.6 Å². The van der Waals surface area contributed by atoms with Gasteiger partial charge in [0.2, 0.25) is 5.91 Å². The molecule has 0 aromatic rings. The van der Waals surface area contributed by atoms with Crippen molar-refractivity contribution in [3.8, 4) is 0 Å². The highest BCUT2D eigenvalue weighted by atomic mass is 28.3. The summed E-state index contributed by atoms with van der Waals surface area (Å²) in [6.45, 7) is 12.9. The second-order valence-electron chi connectivity index (χ2n) is 5.75. The molecule has 0 heterocycles. The zero-order valence-electron chi connectivity index (χ0n) is 10.5. The summed E-state index contributed by atoms with van der Waals surface area (Å²) >= 11 is 0. The molecule has 0 aromatic heterocycles. The van der Waals surface area contributed by atoms with Crippen LogP contribution in [0.3, 0.4) is 0 Å². The minimum atomic E-state index is -1.33. The molecule has 0 saturated carbocycles. The monoisotopic (exact) mass is 213 g/mol. The van der Waals surface area contributed by atoms with E-state index in [0.717, 1.165) is 5.57 Å². The van der Waals surface area contributed by atoms with Crippen molar-refractivity contribution in [2.45, 2.75) is 40.4 Å². The molecule has 1 N–H and O–H groups in total. The first-order valence-corrected chi connectivity index (χ1v) is 8.61. The molecular weight excluding hydrogens is 190 g/mol. The van der Waals surface area contributed by atoms with Gasteiger partial charge in [0.1, 0.15) is 0 Å². The van der Waals surface area contributed by atoms with Gasteiger partial charge in [-0.2, -0.15) is 0 Å². The summed E-state index contributed by atoms with van der Waals surface area (Å²) in [4.78, 5) is 11.7. The summed E-state index contributed by atoms with van der Waals surface area (Å²) in [5.74, 6) is 0.0555. The van der Waals surface area contributed by atoms with Crippen LogP contribution in [-0.4, -0.2) is 21.0 Å². The van der Waals surface area contributed by atoms with Crippen LogP contribution in [0.25, 0.3) is 0 Å². The van der Waals surface area contributed by atoms with Gasteiger partial charge in [0.15, 0.2) is 0 Å². The van der Waals surface area contributed by atoms with Crippen molar-refractivity contribution in [1.82, 2.24) is 5.32 Å². The first-order chi connectivity index (χ1) is 6.08. The Hall–Kier alpha value is -0.573. The largest absolute Gasteiger partial charge is 0.355 e. The molecule has 0 aliphatic heterocycles. The van der Waals surface area contributed by atoms with Crippen molar-refractivity contribution < 1.29 is 4.79 Å². The Morgan fingerprint density at radius 3 is 1.86 bits per heavy atom. The van der Waals surface area contributed by atoms with Crippen LogP contribution in [0.2, 0.25) is 19.6 Å². The number of amides is 1. The van der Waals surface area contributed by atoms with Crippen LogP contribution < -0.4 is 5.32 Å². The van der Waals surface area contributed by atoms with Crippen LogP contribution in [0.1, 0.15) is 20.8 Å². The minimum absolute atomic E-state index is 0.0555. The maximum atomic E-state index is 11.7. The van der Waals surface area contributed by atoms with Crippen molar-refractivity contribution in [2.24, 2.45) is 5.41 Å². The van der Waals surface area contributed by atoms with Crippen LogP contribution in [0.4, 0.5) is 0 Å². The third kappa shape index (κ3) is 4.60. The molecule has 0 aromatic carbocycles. The lowest BCUT2D eigenvalue weighted by atomic mass is 9.87. The first-order valence-electron chi connectivity index (χ1n) is 5.03. The van der Waals surface area contributed by atoms with Crippen LogP contribution in [0.5, 0.6) is 0 Å². The molecule has 0 fully saturated rings. The van der Waals surface area contributed by atoms with Crippen molar-refractivity contribution >= 4 is 14.0 Å². The molecule has 0 rings (SSSR count). The third-order valence-corrected chi connectivity index (χ3v) is 3.01. The average molecular weight is 213 g/mol. The van der Waals surface area contributed by atoms with Gasteiger partial charge < -0.3 is 5.32 Å². The summed E-state index contributed by atoms with van der Waals surface area (Å²) in [6.07, 6.45) is 0. The molecule has 0 saturated heterocycles. The average Bonchev–Trinajstić information content (AvgIpc) is 1.95. The Bertz CT molecular complexity index is 243. The van der Waals surface area contributed by atoms with Gasteiger partial charge in [-0.05, 0) is 5.41 Å². The van der Waals surface area contributed by atoms with E-state index in [1.165, 1.54) is 0 Å². The predicted octanol–water partition coefficient (Wildman–Crippen LogP) is 2.58. The van der Waals surface area contributed by atoms with E-state index in [0.29, 0.717) is 0 Å². The number of nitrogens with one attached hydrogen (secondary N) is 1. The number of carbonyl (C=O) groups excluding carboxylic acids is 1. The predicted molar refractivity (Wildman–Crippen MR) is 65.0 cm³/mol. The van der Waals surface area contributed by atoms with Gasteiger partial charge in [-0.3, -0.25) is 4.79 Å². The second-order valence-corrected chi connectivity index (χ2v) is 10.8. The zero-order chi connectivity index (χ0) is 11.6. The number of hydrogen-bond donors (Lipinski definition) is 1. The molecule has 3 heteroatoms. The maximum Gasteiger partial charge on any atom is 0.246 e. The van der Waals surface area contributed by atoms with Crippen LogP contribution in [0.15, 0.2) is 11.3 Å². The fourth-order valence-corrected chi connectivity index (χ4v) is 2.62. The Morgan fingerprint density at radius 1 is 1.21 bits per heavy atom. The van der Waals surface area contributed by atoms with Gasteiger partial charge in [0.25, 0.3) is 0 Å². The molecule has 1 amide bonds. The lowest BCUT2D eigenvalue weighted by Crippen LogP contribution is -2.31. The van der Waals surface area contributed by atoms with E-state index in [4.69, 9.17) is 0 Å². The molecule has 0 atom stereocenters. The molecule has 0 bridgehead atoms. The van der Waals surface area contributed by atoms with E-state index in [1.54, 1.807) is 7.05 Å². The number of rotatable bonds is 2. The summed E-state index contributed by atoms with van der Waals surface area (Å²) < 4.78 is 0. The van der Waals surface area contributed by atoms with Gasteiger partial charge in [-0.1, -0.05) is 46.1 Å². The van der Waals surface area contributed by atoms with Crippen LogP contribution >= 0.6 is 0 Å². The molecule has 0 aliphatic carbocycles. The lowest BCUT2D eigenvalue weighted by molar-refractivity contribution is -0.117. The fourth-order valence-electron chi connectivity index (χ4n) is 1.19. The first kappa shape index (κ1) is 13.4. The Labute approximate surface area is 88.8 Å². The highest BCUT2D eigenvalue weighted by Crippen LogP contribution is 2.27. The van der Waals surface area contributed by atoms with E-state index in [9.17, 15) is 4.79 Å². The van der Waals surface area contributed by atoms with Gasteiger partial charge in [-0.15, -0.1) is 0 Å². The van der Waals surface area contributed by atoms with Gasteiger partial charge in [-0.25, -0.2) is 0 Å². The number of carbonyl (C=O) groups is 1. The molecule has 0 aliphatic rings. The Morgan fingerprint density at radius 2 is 1.64 bits per heavy atom. The molecular formula is C11H23NOSi. The molecule has 0 unspecified atom stereocenters. The highest BCUT2D eigenvalue weighted by molar-refractivity contribution is 6.81. The smallest absolute Gasteiger partial charge is 0.246 e. The Kier molecular flexibility index (Phi) is 4.12. The van der Waals surface area contributed by atoms with E-state index in [-0.39, 0.29) is 11.3 Å². The third-order valence-electron chi connectivity index (χ3n) is 1.86. The maximum absolute atomic E-state index is 11.7. The van der Waals surface area contributed by atoms with Crippen molar-refractivity contribution in [2.75, 3.05) is 7.05 Å². The van der Waals surface area contributed by atoms with E-state index in [2.05, 4.69) is 51.4 Å². The second kappa shape index (κ2) is 4.30. The van der Waals surface area contributed by atoms with Gasteiger partial charge in [0.05, 0.1) is 8.07 Å². The van der Waals surface area contributed by atoms with E-state index in [1.807, 2.05) is 0 Å². The highest BCUT2D eigenvalue weighted by Gasteiger charge is 2.25. The summed E-state index contributed by atoms with van der Waals surface area (Å²) in [5.41, 5.74) is 3.03. The van der Waals surface area contributed by atoms with Crippen molar-refractivity contribution in [3.05, 3.63) is 11.3 Å². The molecule has 14 heavy (non-hydrogen) atoms. The summed E-state index contributed by atoms with van der Waals surface area (Å²) in [7, 11) is 0.355. The molecule has 0 radical (unpaired) electrons. The van der Waals surface area contributed by atoms with Crippen LogP contribution in [-0.2, 0) is 4.79 Å². The SMILES string of the molecule is CNC(=O)/C(=C/[Si](C)(C)C)C(C)(C)C. The molecule has 82 valence electrons. The standard InChI is InChI=1S/C11H23NOSi/c1-11(2,3)9(10(13)12-4)8-14(5,6)7/h8H,1-7H3,(H,12,13)/b9-8-. The minimum Gasteiger partial charge on any atom is -0.355 e.